The van der Waals surface area contributed by atoms with E-state index in [4.69, 9.17) is 9.07 Å². The number of rotatable bonds is 7. The summed E-state index contributed by atoms with van der Waals surface area (Å²) < 4.78 is 67.7. The lowest BCUT2D eigenvalue weighted by atomic mass is 9.79. The Balaban J connectivity index is 1.53. The summed E-state index contributed by atoms with van der Waals surface area (Å²) in [6.07, 6.45) is 2.71. The summed E-state index contributed by atoms with van der Waals surface area (Å²) in [6, 6.07) is 11.9. The van der Waals surface area contributed by atoms with Crippen LogP contribution < -0.4 is 15.1 Å². The Morgan fingerprint density at radius 3 is 2.52 bits per heavy atom. The highest BCUT2D eigenvalue weighted by molar-refractivity contribution is 7.92. The zero-order valence-corrected chi connectivity index (χ0v) is 22.5. The average Bonchev–Trinajstić information content (AvgIpc) is 3.60. The van der Waals surface area contributed by atoms with E-state index in [0.717, 1.165) is 23.4 Å². The van der Waals surface area contributed by atoms with Gasteiger partial charge < -0.3 is 19.4 Å². The molecule has 1 aliphatic carbocycles. The second kappa shape index (κ2) is 9.72. The molecule has 8 nitrogen and oxygen atoms in total. The van der Waals surface area contributed by atoms with Crippen molar-refractivity contribution in [2.45, 2.75) is 31.9 Å². The molecular formula is C28H25BF2N2O6S. The van der Waals surface area contributed by atoms with Crippen molar-refractivity contribution >= 4 is 45.2 Å². The van der Waals surface area contributed by atoms with E-state index in [9.17, 15) is 22.6 Å². The first-order valence-corrected chi connectivity index (χ1v) is 14.6. The van der Waals surface area contributed by atoms with Gasteiger partial charge in [0.1, 0.15) is 23.0 Å². The minimum atomic E-state index is -3.91. The zero-order valence-electron chi connectivity index (χ0n) is 21.7. The Bertz CT molecular complexity index is 1770. The van der Waals surface area contributed by atoms with Gasteiger partial charge in [-0.25, -0.2) is 17.2 Å². The normalized spacial score (nSPS) is 15.0. The molecule has 1 amide bonds. The number of anilines is 1. The molecule has 40 heavy (non-hydrogen) atoms. The quantitative estimate of drug-likeness (QED) is 0.330. The molecule has 2 aliphatic rings. The summed E-state index contributed by atoms with van der Waals surface area (Å²) in [6.45, 7) is -0.414. The maximum absolute atomic E-state index is 15.4. The number of sulfonamides is 1. The van der Waals surface area contributed by atoms with Crippen molar-refractivity contribution in [1.29, 1.82) is 0 Å². The van der Waals surface area contributed by atoms with E-state index >= 15 is 4.39 Å². The summed E-state index contributed by atoms with van der Waals surface area (Å²) in [7, 11) is -3.64. The molecule has 0 radical (unpaired) electrons. The lowest BCUT2D eigenvalue weighted by Gasteiger charge is -2.26. The van der Waals surface area contributed by atoms with E-state index in [1.807, 2.05) is 0 Å². The van der Waals surface area contributed by atoms with Gasteiger partial charge in [0.2, 0.25) is 10.0 Å². The minimum absolute atomic E-state index is 0.0544. The highest BCUT2D eigenvalue weighted by Gasteiger charge is 2.35. The molecule has 2 N–H and O–H groups in total. The van der Waals surface area contributed by atoms with Gasteiger partial charge in [-0.3, -0.25) is 9.10 Å². The number of amides is 1. The van der Waals surface area contributed by atoms with Gasteiger partial charge in [-0.2, -0.15) is 0 Å². The second-order valence-corrected chi connectivity index (χ2v) is 12.0. The highest BCUT2D eigenvalue weighted by atomic mass is 32.2. The number of nitrogens with zero attached hydrogens (tertiary/aromatic N) is 1. The summed E-state index contributed by atoms with van der Waals surface area (Å²) in [5.74, 6) is -1.20. The first-order valence-electron chi connectivity index (χ1n) is 12.7. The first kappa shape index (κ1) is 26.5. The van der Waals surface area contributed by atoms with Gasteiger partial charge in [0.25, 0.3) is 5.91 Å². The van der Waals surface area contributed by atoms with Gasteiger partial charge in [0.15, 0.2) is 0 Å². The Morgan fingerprint density at radius 2 is 1.88 bits per heavy atom. The molecule has 2 heterocycles. The number of carbonyl (C=O) groups excluding carboxylic acids is 1. The number of hydrogen-bond donors (Lipinski definition) is 2. The molecular weight excluding hydrogens is 541 g/mol. The van der Waals surface area contributed by atoms with Gasteiger partial charge in [0, 0.05) is 35.2 Å². The molecule has 12 heteroatoms. The maximum atomic E-state index is 15.4. The van der Waals surface area contributed by atoms with Crippen LogP contribution in [0.5, 0.6) is 0 Å². The molecule has 0 unspecified atom stereocenters. The molecule has 1 aliphatic heterocycles. The van der Waals surface area contributed by atoms with Crippen LogP contribution >= 0.6 is 0 Å². The molecule has 0 saturated heterocycles. The fraction of sp³-hybridized carbons (Fsp3) is 0.250. The number of nitrogens with one attached hydrogen (secondary N) is 1. The molecule has 3 aromatic carbocycles. The van der Waals surface area contributed by atoms with Crippen LogP contribution in [0.15, 0.2) is 52.9 Å². The zero-order chi connectivity index (χ0) is 28.3. The number of furan rings is 1. The van der Waals surface area contributed by atoms with Gasteiger partial charge >= 0.3 is 7.12 Å². The number of benzene rings is 3. The fourth-order valence-corrected chi connectivity index (χ4v) is 6.10. The molecule has 0 bridgehead atoms. The van der Waals surface area contributed by atoms with E-state index in [1.165, 1.54) is 43.4 Å². The third-order valence-corrected chi connectivity index (χ3v) is 8.54. The average molecular weight is 566 g/mol. The van der Waals surface area contributed by atoms with Crippen molar-refractivity contribution in [3.63, 3.8) is 0 Å². The van der Waals surface area contributed by atoms with E-state index < -0.39 is 34.7 Å². The van der Waals surface area contributed by atoms with Crippen molar-refractivity contribution in [3.8, 4) is 11.3 Å². The number of hydrogen-bond acceptors (Lipinski definition) is 6. The third-order valence-electron chi connectivity index (χ3n) is 7.41. The van der Waals surface area contributed by atoms with Crippen LogP contribution in [0.1, 0.15) is 45.8 Å². The van der Waals surface area contributed by atoms with Crippen molar-refractivity contribution in [3.05, 3.63) is 82.4 Å². The fourth-order valence-electron chi connectivity index (χ4n) is 5.21. The second-order valence-electron chi connectivity index (χ2n) is 10.1. The van der Waals surface area contributed by atoms with E-state index in [2.05, 4.69) is 5.32 Å². The largest absolute Gasteiger partial charge is 0.491 e. The lowest BCUT2D eigenvalue weighted by molar-refractivity contribution is 0.0964. The molecule has 0 spiro atoms. The van der Waals surface area contributed by atoms with Gasteiger partial charge in [-0.1, -0.05) is 12.1 Å². The third kappa shape index (κ3) is 4.55. The maximum Gasteiger partial charge on any atom is 0.491 e. The van der Waals surface area contributed by atoms with Crippen LogP contribution in [0.2, 0.25) is 0 Å². The Hall–Kier alpha value is -3.74. The monoisotopic (exact) mass is 566 g/mol. The van der Waals surface area contributed by atoms with E-state index in [-0.39, 0.29) is 47.1 Å². The number of halogens is 2. The van der Waals surface area contributed by atoms with Crippen molar-refractivity contribution in [2.75, 3.05) is 17.6 Å². The first-order chi connectivity index (χ1) is 19.1. The van der Waals surface area contributed by atoms with Crippen molar-refractivity contribution in [2.24, 2.45) is 0 Å². The molecule has 1 saturated carbocycles. The van der Waals surface area contributed by atoms with Crippen LogP contribution in [-0.2, 0) is 27.8 Å². The Morgan fingerprint density at radius 1 is 1.15 bits per heavy atom. The van der Waals surface area contributed by atoms with E-state index in [1.54, 1.807) is 12.1 Å². The van der Waals surface area contributed by atoms with E-state index in [0.29, 0.717) is 27.7 Å². The van der Waals surface area contributed by atoms with Gasteiger partial charge in [0.05, 0.1) is 30.7 Å². The predicted octanol–water partition coefficient (Wildman–Crippen LogP) is 3.80. The summed E-state index contributed by atoms with van der Waals surface area (Å²) in [5.41, 5.74) is 2.67. The van der Waals surface area contributed by atoms with Crippen LogP contribution in [0.25, 0.3) is 22.3 Å². The minimum Gasteiger partial charge on any atom is -0.455 e. The van der Waals surface area contributed by atoms with Crippen LogP contribution in [-0.4, -0.2) is 39.8 Å². The number of carbonyl (C=O) groups is 1. The predicted molar refractivity (Wildman–Crippen MR) is 147 cm³/mol. The highest BCUT2D eigenvalue weighted by Crippen LogP contribution is 2.48. The SMILES string of the molecule is CNC(=O)c1c(-c2ccc(F)cc2)oc2cc(N(Cc3ccc4c(c3F)COB4O)S(C)(=O)=O)c(C3CC3)cc12. The topological polar surface area (TPSA) is 109 Å². The molecule has 0 atom stereocenters. The Labute approximate surface area is 229 Å². The van der Waals surface area contributed by atoms with Gasteiger partial charge in [-0.05, 0) is 60.1 Å². The molecule has 1 aromatic heterocycles. The van der Waals surface area contributed by atoms with Crippen molar-refractivity contribution < 1.29 is 36.1 Å². The summed E-state index contributed by atoms with van der Waals surface area (Å²) >= 11 is 0. The molecule has 4 aromatic rings. The summed E-state index contributed by atoms with van der Waals surface area (Å²) in [4.78, 5) is 13.0. The smallest absolute Gasteiger partial charge is 0.455 e. The standard InChI is InChI=1S/C28H25BF2N2O6S/c1-32-28(34)25-20-11-19(15-3-4-15)23(12-24(20)39-27(25)16-5-8-18(30)9-6-16)33(40(2,36)37)13-17-7-10-22-21(26(17)31)14-38-29(22)35/h5-12,15,35H,3-4,13-14H2,1-2H3,(H,32,34). The Kier molecular flexibility index (Phi) is 6.44. The van der Waals surface area contributed by atoms with Crippen LogP contribution in [0, 0.1) is 11.6 Å². The molecule has 206 valence electrons. The van der Waals surface area contributed by atoms with Crippen molar-refractivity contribution in [1.82, 2.24) is 5.32 Å². The lowest BCUT2D eigenvalue weighted by Crippen LogP contribution is -2.32. The molecule has 6 rings (SSSR count). The van der Waals surface area contributed by atoms with Crippen LogP contribution in [0.3, 0.4) is 0 Å². The summed E-state index contributed by atoms with van der Waals surface area (Å²) in [5, 5.41) is 13.0. The van der Waals surface area contributed by atoms with Crippen LogP contribution in [0.4, 0.5) is 14.5 Å². The molecule has 1 fully saturated rings. The number of fused-ring (bicyclic) bond motifs is 2. The van der Waals surface area contributed by atoms with Gasteiger partial charge in [-0.15, -0.1) is 0 Å².